The molecule has 3 aromatic rings. The first kappa shape index (κ1) is 18.0. The highest BCUT2D eigenvalue weighted by Gasteiger charge is 2.24. The van der Waals surface area contributed by atoms with Crippen molar-refractivity contribution in [3.8, 4) is 16.9 Å². The van der Waals surface area contributed by atoms with E-state index in [2.05, 4.69) is 15.7 Å². The summed E-state index contributed by atoms with van der Waals surface area (Å²) in [5, 5.41) is 10.2. The van der Waals surface area contributed by atoms with Gasteiger partial charge in [-0.15, -0.1) is 0 Å². The van der Waals surface area contributed by atoms with Crippen molar-refractivity contribution < 1.29 is 9.59 Å². The van der Waals surface area contributed by atoms with Crippen LogP contribution in [0.2, 0.25) is 0 Å². The maximum absolute atomic E-state index is 12.8. The molecule has 1 aliphatic rings. The van der Waals surface area contributed by atoms with Gasteiger partial charge in [-0.3, -0.25) is 9.59 Å². The monoisotopic (exact) mass is 374 g/mol. The zero-order valence-corrected chi connectivity index (χ0v) is 15.7. The first-order valence-electron chi connectivity index (χ1n) is 9.40. The predicted molar refractivity (Wildman–Crippen MR) is 107 cm³/mol. The standard InChI is InChI=1S/C22H22N4O2/c1-15-7-9-16(10-8-15)21-19(14-26(25-21)18-5-3-2-4-6-18)22(28)23-13-20(27)24-17-11-12-17/h2-10,14,17H,11-13H2,1H3,(H,23,28)(H,24,27). The third kappa shape index (κ3) is 4.11. The second-order valence-electron chi connectivity index (χ2n) is 7.06. The Bertz CT molecular complexity index is 989. The summed E-state index contributed by atoms with van der Waals surface area (Å²) in [7, 11) is 0. The van der Waals surface area contributed by atoms with Crippen LogP contribution in [-0.2, 0) is 4.79 Å². The summed E-state index contributed by atoms with van der Waals surface area (Å²) in [6.07, 6.45) is 3.74. The normalized spacial score (nSPS) is 13.2. The molecule has 0 saturated heterocycles. The Morgan fingerprint density at radius 1 is 1.07 bits per heavy atom. The van der Waals surface area contributed by atoms with Crippen LogP contribution < -0.4 is 10.6 Å². The highest BCUT2D eigenvalue weighted by molar-refractivity contribution is 6.01. The number of amides is 2. The molecule has 0 atom stereocenters. The average molecular weight is 374 g/mol. The average Bonchev–Trinajstić information content (AvgIpc) is 3.41. The van der Waals surface area contributed by atoms with E-state index in [4.69, 9.17) is 0 Å². The van der Waals surface area contributed by atoms with E-state index < -0.39 is 0 Å². The maximum Gasteiger partial charge on any atom is 0.255 e. The van der Waals surface area contributed by atoms with Crippen LogP contribution in [0, 0.1) is 6.92 Å². The molecule has 0 spiro atoms. The van der Waals surface area contributed by atoms with Gasteiger partial charge < -0.3 is 10.6 Å². The van der Waals surface area contributed by atoms with Crippen molar-refractivity contribution in [1.82, 2.24) is 20.4 Å². The smallest absolute Gasteiger partial charge is 0.255 e. The molecule has 1 heterocycles. The number of carbonyl (C=O) groups is 2. The van der Waals surface area contributed by atoms with Crippen molar-refractivity contribution in [3.05, 3.63) is 71.9 Å². The molecule has 2 amide bonds. The van der Waals surface area contributed by atoms with Gasteiger partial charge in [-0.25, -0.2) is 4.68 Å². The van der Waals surface area contributed by atoms with Gasteiger partial charge in [0.15, 0.2) is 0 Å². The molecule has 0 aliphatic heterocycles. The van der Waals surface area contributed by atoms with Crippen LogP contribution in [0.4, 0.5) is 0 Å². The zero-order valence-electron chi connectivity index (χ0n) is 15.7. The lowest BCUT2D eigenvalue weighted by Crippen LogP contribution is -2.37. The molecule has 142 valence electrons. The summed E-state index contributed by atoms with van der Waals surface area (Å²) < 4.78 is 1.69. The van der Waals surface area contributed by atoms with Gasteiger partial charge in [-0.05, 0) is 31.9 Å². The van der Waals surface area contributed by atoms with Crippen LogP contribution in [0.5, 0.6) is 0 Å². The third-order valence-corrected chi connectivity index (χ3v) is 4.66. The second kappa shape index (κ2) is 7.68. The minimum atomic E-state index is -0.316. The Kier molecular flexibility index (Phi) is 4.93. The van der Waals surface area contributed by atoms with Crippen molar-refractivity contribution in [1.29, 1.82) is 0 Å². The summed E-state index contributed by atoms with van der Waals surface area (Å²) >= 11 is 0. The molecule has 6 nitrogen and oxygen atoms in total. The first-order chi connectivity index (χ1) is 13.6. The molecule has 1 fully saturated rings. The van der Waals surface area contributed by atoms with Gasteiger partial charge in [0.2, 0.25) is 5.91 Å². The number of para-hydroxylation sites is 1. The fraction of sp³-hybridized carbons (Fsp3) is 0.227. The molecule has 4 rings (SSSR count). The summed E-state index contributed by atoms with van der Waals surface area (Å²) in [6.45, 7) is 1.97. The lowest BCUT2D eigenvalue weighted by atomic mass is 10.1. The van der Waals surface area contributed by atoms with Crippen molar-refractivity contribution in [2.24, 2.45) is 0 Å². The lowest BCUT2D eigenvalue weighted by molar-refractivity contribution is -0.120. The van der Waals surface area contributed by atoms with Gasteiger partial charge in [0, 0.05) is 17.8 Å². The second-order valence-corrected chi connectivity index (χ2v) is 7.06. The van der Waals surface area contributed by atoms with E-state index in [0.717, 1.165) is 29.7 Å². The number of hydrogen-bond acceptors (Lipinski definition) is 3. The highest BCUT2D eigenvalue weighted by atomic mass is 16.2. The fourth-order valence-corrected chi connectivity index (χ4v) is 2.94. The molecule has 2 N–H and O–H groups in total. The van der Waals surface area contributed by atoms with E-state index >= 15 is 0 Å². The lowest BCUT2D eigenvalue weighted by Gasteiger charge is -2.06. The number of carbonyl (C=O) groups excluding carboxylic acids is 2. The zero-order chi connectivity index (χ0) is 19.5. The van der Waals surface area contributed by atoms with E-state index in [9.17, 15) is 9.59 Å². The summed E-state index contributed by atoms with van der Waals surface area (Å²) in [5.41, 5.74) is 3.87. The molecule has 0 radical (unpaired) electrons. The Labute approximate surface area is 163 Å². The number of aryl methyl sites for hydroxylation is 1. The topological polar surface area (TPSA) is 76.0 Å². The Balaban J connectivity index is 1.61. The van der Waals surface area contributed by atoms with Gasteiger partial charge in [0.1, 0.15) is 5.69 Å². The molecule has 0 bridgehead atoms. The van der Waals surface area contributed by atoms with Crippen LogP contribution in [-0.4, -0.2) is 34.2 Å². The fourth-order valence-electron chi connectivity index (χ4n) is 2.94. The number of nitrogens with zero attached hydrogens (tertiary/aromatic N) is 2. The van der Waals surface area contributed by atoms with Gasteiger partial charge in [-0.1, -0.05) is 48.0 Å². The number of rotatable bonds is 6. The quantitative estimate of drug-likeness (QED) is 0.697. The number of aromatic nitrogens is 2. The van der Waals surface area contributed by atoms with Crippen molar-refractivity contribution >= 4 is 11.8 Å². The molecule has 1 aromatic heterocycles. The van der Waals surface area contributed by atoms with Crippen LogP contribution in [0.3, 0.4) is 0 Å². The maximum atomic E-state index is 12.8. The van der Waals surface area contributed by atoms with Crippen LogP contribution >= 0.6 is 0 Å². The van der Waals surface area contributed by atoms with E-state index in [1.54, 1.807) is 10.9 Å². The number of benzene rings is 2. The van der Waals surface area contributed by atoms with Crippen LogP contribution in [0.25, 0.3) is 16.9 Å². The Hall–Kier alpha value is -3.41. The minimum absolute atomic E-state index is 0.0425. The molecule has 1 saturated carbocycles. The molecular formula is C22H22N4O2. The van der Waals surface area contributed by atoms with Crippen molar-refractivity contribution in [2.45, 2.75) is 25.8 Å². The van der Waals surface area contributed by atoms with Gasteiger partial charge in [0.25, 0.3) is 5.91 Å². The highest BCUT2D eigenvalue weighted by Crippen LogP contribution is 2.24. The molecule has 6 heteroatoms. The number of hydrogen-bond donors (Lipinski definition) is 2. The SMILES string of the molecule is Cc1ccc(-c2nn(-c3ccccc3)cc2C(=O)NCC(=O)NC2CC2)cc1. The molecule has 2 aromatic carbocycles. The largest absolute Gasteiger partial charge is 0.352 e. The molecule has 28 heavy (non-hydrogen) atoms. The molecule has 1 aliphatic carbocycles. The van der Waals surface area contributed by atoms with Gasteiger partial charge >= 0.3 is 0 Å². The van der Waals surface area contributed by atoms with E-state index in [-0.39, 0.29) is 24.4 Å². The van der Waals surface area contributed by atoms with Crippen molar-refractivity contribution in [2.75, 3.05) is 6.54 Å². The number of nitrogens with one attached hydrogen (secondary N) is 2. The van der Waals surface area contributed by atoms with Crippen LogP contribution in [0.1, 0.15) is 28.8 Å². The summed E-state index contributed by atoms with van der Waals surface area (Å²) in [5.74, 6) is -0.480. The third-order valence-electron chi connectivity index (χ3n) is 4.66. The van der Waals surface area contributed by atoms with Gasteiger partial charge in [-0.2, -0.15) is 5.10 Å². The van der Waals surface area contributed by atoms with Crippen molar-refractivity contribution in [3.63, 3.8) is 0 Å². The summed E-state index contributed by atoms with van der Waals surface area (Å²) in [4.78, 5) is 24.7. The van der Waals surface area contributed by atoms with E-state index in [0.29, 0.717) is 11.3 Å². The predicted octanol–water partition coefficient (Wildman–Crippen LogP) is 2.86. The summed E-state index contributed by atoms with van der Waals surface area (Å²) in [6, 6.07) is 17.8. The van der Waals surface area contributed by atoms with Crippen LogP contribution in [0.15, 0.2) is 60.8 Å². The minimum Gasteiger partial charge on any atom is -0.352 e. The van der Waals surface area contributed by atoms with Gasteiger partial charge in [0.05, 0.1) is 17.8 Å². The Morgan fingerprint density at radius 2 is 1.79 bits per heavy atom. The molecular weight excluding hydrogens is 352 g/mol. The molecule has 0 unspecified atom stereocenters. The first-order valence-corrected chi connectivity index (χ1v) is 9.40. The Morgan fingerprint density at radius 3 is 2.46 bits per heavy atom. The van der Waals surface area contributed by atoms with E-state index in [1.165, 1.54) is 0 Å². The van der Waals surface area contributed by atoms with E-state index in [1.807, 2.05) is 61.5 Å².